The van der Waals surface area contributed by atoms with E-state index in [0.29, 0.717) is 23.2 Å². The summed E-state index contributed by atoms with van der Waals surface area (Å²) in [5, 5.41) is 12.4. The minimum Gasteiger partial charge on any atom is -0.369 e. The standard InChI is InChI=1S/C21H24FN7/c1-13-10-28(7-6-23-13)16-4-5-17-19(9-16)27(3)26-20(17)25-15-8-18(22)21-24-14(2)11-29(21)12-15/h4-5,8-9,11-13,23H,6-7,10H2,1-3H3,(H,25,26). The summed E-state index contributed by atoms with van der Waals surface area (Å²) in [6.45, 7) is 7.01. The Labute approximate surface area is 168 Å². The summed E-state index contributed by atoms with van der Waals surface area (Å²) < 4.78 is 18.0. The zero-order chi connectivity index (χ0) is 20.1. The highest BCUT2D eigenvalue weighted by molar-refractivity contribution is 5.94. The first-order valence-corrected chi connectivity index (χ1v) is 9.85. The topological polar surface area (TPSA) is 62.4 Å². The molecule has 1 saturated heterocycles. The molecule has 1 fully saturated rings. The summed E-state index contributed by atoms with van der Waals surface area (Å²) >= 11 is 0. The Morgan fingerprint density at radius 1 is 1.24 bits per heavy atom. The fraction of sp³-hybridized carbons (Fsp3) is 0.333. The van der Waals surface area contributed by atoms with Crippen LogP contribution in [0.1, 0.15) is 12.6 Å². The van der Waals surface area contributed by atoms with Crippen molar-refractivity contribution in [3.63, 3.8) is 0 Å². The third-order valence-corrected chi connectivity index (χ3v) is 5.46. The maximum Gasteiger partial charge on any atom is 0.173 e. The predicted octanol–water partition coefficient (Wildman–Crippen LogP) is 3.21. The molecular weight excluding hydrogens is 369 g/mol. The minimum atomic E-state index is -0.363. The van der Waals surface area contributed by atoms with E-state index in [9.17, 15) is 4.39 Å². The fourth-order valence-corrected chi connectivity index (χ4v) is 4.09. The molecule has 0 aliphatic carbocycles. The number of fused-ring (bicyclic) bond motifs is 2. The molecule has 4 aromatic rings. The largest absolute Gasteiger partial charge is 0.369 e. The van der Waals surface area contributed by atoms with Gasteiger partial charge in [0.15, 0.2) is 17.3 Å². The van der Waals surface area contributed by atoms with E-state index in [1.807, 2.05) is 24.9 Å². The molecule has 1 aromatic carbocycles. The number of aryl methyl sites for hydroxylation is 2. The normalized spacial score (nSPS) is 17.4. The molecule has 1 aliphatic heterocycles. The van der Waals surface area contributed by atoms with Gasteiger partial charge in [-0.2, -0.15) is 5.10 Å². The molecule has 0 bridgehead atoms. The zero-order valence-electron chi connectivity index (χ0n) is 16.8. The number of hydrogen-bond acceptors (Lipinski definition) is 5. The molecule has 2 N–H and O–H groups in total. The van der Waals surface area contributed by atoms with Crippen LogP contribution in [0.25, 0.3) is 16.6 Å². The summed E-state index contributed by atoms with van der Waals surface area (Å²) in [6, 6.07) is 8.33. The van der Waals surface area contributed by atoms with E-state index < -0.39 is 0 Å². The fourth-order valence-electron chi connectivity index (χ4n) is 4.09. The SMILES string of the molecule is Cc1cn2cc(Nc3nn(C)c4cc(N5CCNC(C)C5)ccc34)cc(F)c2n1. The molecule has 29 heavy (non-hydrogen) atoms. The molecule has 0 saturated carbocycles. The molecule has 1 aliphatic rings. The Bertz CT molecular complexity index is 1210. The Morgan fingerprint density at radius 3 is 2.93 bits per heavy atom. The molecular formula is C21H24FN7. The van der Waals surface area contributed by atoms with Crippen LogP contribution < -0.4 is 15.5 Å². The predicted molar refractivity (Wildman–Crippen MR) is 114 cm³/mol. The lowest BCUT2D eigenvalue weighted by molar-refractivity contribution is 0.485. The van der Waals surface area contributed by atoms with Crippen LogP contribution in [0.3, 0.4) is 0 Å². The van der Waals surface area contributed by atoms with Crippen LogP contribution in [-0.4, -0.2) is 44.8 Å². The number of halogens is 1. The highest BCUT2D eigenvalue weighted by Gasteiger charge is 2.18. The summed E-state index contributed by atoms with van der Waals surface area (Å²) in [7, 11) is 1.93. The van der Waals surface area contributed by atoms with Gasteiger partial charge < -0.3 is 19.9 Å². The first kappa shape index (κ1) is 17.9. The lowest BCUT2D eigenvalue weighted by atomic mass is 10.1. The van der Waals surface area contributed by atoms with Gasteiger partial charge in [-0.3, -0.25) is 4.68 Å². The van der Waals surface area contributed by atoms with E-state index in [0.717, 1.165) is 36.2 Å². The van der Waals surface area contributed by atoms with Gasteiger partial charge in [-0.05, 0) is 32.0 Å². The van der Waals surface area contributed by atoms with E-state index >= 15 is 0 Å². The average Bonchev–Trinajstić information content (AvgIpc) is 3.21. The first-order valence-electron chi connectivity index (χ1n) is 9.85. The second-order valence-electron chi connectivity index (χ2n) is 7.79. The Kier molecular flexibility index (Phi) is 4.16. The van der Waals surface area contributed by atoms with Crippen molar-refractivity contribution in [3.05, 3.63) is 48.2 Å². The van der Waals surface area contributed by atoms with Crippen LogP contribution >= 0.6 is 0 Å². The molecule has 1 unspecified atom stereocenters. The van der Waals surface area contributed by atoms with Crippen LogP contribution in [0.5, 0.6) is 0 Å². The number of hydrogen-bond donors (Lipinski definition) is 2. The number of anilines is 3. The highest BCUT2D eigenvalue weighted by Crippen LogP contribution is 2.30. The van der Waals surface area contributed by atoms with E-state index in [2.05, 4.69) is 50.7 Å². The van der Waals surface area contributed by atoms with E-state index in [1.54, 1.807) is 10.6 Å². The molecule has 0 radical (unpaired) electrons. The van der Waals surface area contributed by atoms with Crippen molar-refractivity contribution in [2.24, 2.45) is 7.05 Å². The number of rotatable bonds is 3. The van der Waals surface area contributed by atoms with Gasteiger partial charge in [-0.15, -0.1) is 0 Å². The van der Waals surface area contributed by atoms with Crippen LogP contribution in [0, 0.1) is 12.7 Å². The maximum atomic E-state index is 14.4. The van der Waals surface area contributed by atoms with Crippen molar-refractivity contribution in [1.29, 1.82) is 0 Å². The van der Waals surface area contributed by atoms with Crippen molar-refractivity contribution in [2.75, 3.05) is 29.9 Å². The number of aromatic nitrogens is 4. The Morgan fingerprint density at radius 2 is 2.10 bits per heavy atom. The van der Waals surface area contributed by atoms with Gasteiger partial charge in [0.25, 0.3) is 0 Å². The number of imidazole rings is 1. The molecule has 7 nitrogen and oxygen atoms in total. The second kappa shape index (κ2) is 6.73. The number of nitrogens with zero attached hydrogens (tertiary/aromatic N) is 5. The molecule has 1 atom stereocenters. The number of nitrogens with one attached hydrogen (secondary N) is 2. The molecule has 0 amide bonds. The number of pyridine rings is 1. The smallest absolute Gasteiger partial charge is 0.173 e. The molecule has 150 valence electrons. The van der Waals surface area contributed by atoms with Crippen LogP contribution in [0.4, 0.5) is 21.6 Å². The van der Waals surface area contributed by atoms with Crippen molar-refractivity contribution in [1.82, 2.24) is 24.5 Å². The van der Waals surface area contributed by atoms with Gasteiger partial charge in [-0.1, -0.05) is 0 Å². The van der Waals surface area contributed by atoms with E-state index in [-0.39, 0.29) is 5.82 Å². The molecule has 4 heterocycles. The number of benzene rings is 1. The van der Waals surface area contributed by atoms with Gasteiger partial charge in [0.2, 0.25) is 0 Å². The van der Waals surface area contributed by atoms with E-state index in [4.69, 9.17) is 0 Å². The summed E-state index contributed by atoms with van der Waals surface area (Å²) in [5.41, 5.74) is 3.97. The van der Waals surface area contributed by atoms with Gasteiger partial charge in [0.1, 0.15) is 0 Å². The molecule has 3 aromatic heterocycles. The summed E-state index contributed by atoms with van der Waals surface area (Å²) in [6.07, 6.45) is 3.64. The number of piperazine rings is 1. The highest BCUT2D eigenvalue weighted by atomic mass is 19.1. The lowest BCUT2D eigenvalue weighted by Gasteiger charge is -2.33. The average molecular weight is 393 g/mol. The summed E-state index contributed by atoms with van der Waals surface area (Å²) in [4.78, 5) is 6.60. The Balaban J connectivity index is 1.49. The zero-order valence-corrected chi connectivity index (χ0v) is 16.8. The molecule has 0 spiro atoms. The van der Waals surface area contributed by atoms with Crippen molar-refractivity contribution in [3.8, 4) is 0 Å². The third kappa shape index (κ3) is 3.19. The van der Waals surface area contributed by atoms with Gasteiger partial charge in [0, 0.05) is 62.3 Å². The van der Waals surface area contributed by atoms with Crippen LogP contribution in [0.15, 0.2) is 36.7 Å². The second-order valence-corrected chi connectivity index (χ2v) is 7.79. The van der Waals surface area contributed by atoms with Gasteiger partial charge in [-0.25, -0.2) is 9.37 Å². The summed E-state index contributed by atoms with van der Waals surface area (Å²) in [5.74, 6) is 0.344. The van der Waals surface area contributed by atoms with Gasteiger partial charge in [0.05, 0.1) is 16.9 Å². The van der Waals surface area contributed by atoms with E-state index in [1.165, 1.54) is 11.8 Å². The van der Waals surface area contributed by atoms with Crippen molar-refractivity contribution < 1.29 is 4.39 Å². The van der Waals surface area contributed by atoms with Crippen LogP contribution in [-0.2, 0) is 7.05 Å². The Hall–Kier alpha value is -3.13. The lowest BCUT2D eigenvalue weighted by Crippen LogP contribution is -2.49. The quantitative estimate of drug-likeness (QED) is 0.560. The first-order chi connectivity index (χ1) is 14.0. The maximum absolute atomic E-state index is 14.4. The van der Waals surface area contributed by atoms with Gasteiger partial charge >= 0.3 is 0 Å². The molecule has 5 rings (SSSR count). The van der Waals surface area contributed by atoms with Crippen LogP contribution in [0.2, 0.25) is 0 Å². The minimum absolute atomic E-state index is 0.328. The monoisotopic (exact) mass is 393 g/mol. The molecule has 8 heteroatoms. The van der Waals surface area contributed by atoms with Crippen molar-refractivity contribution in [2.45, 2.75) is 19.9 Å². The van der Waals surface area contributed by atoms with Crippen molar-refractivity contribution >= 4 is 33.7 Å². The third-order valence-electron chi connectivity index (χ3n) is 5.46.